The van der Waals surface area contributed by atoms with E-state index in [0.717, 1.165) is 37.9 Å². The van der Waals surface area contributed by atoms with Gasteiger partial charge in [0, 0.05) is 31.7 Å². The van der Waals surface area contributed by atoms with Crippen molar-refractivity contribution in [1.29, 1.82) is 0 Å². The number of hydrogen-bond acceptors (Lipinski definition) is 4. The number of benzene rings is 1. The van der Waals surface area contributed by atoms with E-state index in [1.54, 1.807) is 0 Å². The van der Waals surface area contributed by atoms with Crippen LogP contribution in [0.4, 0.5) is 4.79 Å². The molecule has 0 aliphatic carbocycles. The monoisotopic (exact) mass is 334 g/mol. The standard InChI is InChI=1S/C19H30N2O3/c1-16(2)20(12-13-22)14-18-10-6-7-11-21(18)19(23)24-15-17-8-4-3-5-9-17/h3-5,8-9,16,18,22H,6-7,10-15H2,1-2H3/t18-/m0/s1. The summed E-state index contributed by atoms with van der Waals surface area (Å²) >= 11 is 0. The topological polar surface area (TPSA) is 53.0 Å². The van der Waals surface area contributed by atoms with E-state index in [2.05, 4.69) is 18.7 Å². The summed E-state index contributed by atoms with van der Waals surface area (Å²) in [5.41, 5.74) is 1.00. The van der Waals surface area contributed by atoms with Crippen LogP contribution in [0.25, 0.3) is 0 Å². The highest BCUT2D eigenvalue weighted by atomic mass is 16.6. The normalized spacial score (nSPS) is 18.2. The SMILES string of the molecule is CC(C)N(CCO)C[C@@H]1CCCCN1C(=O)OCc1ccccc1. The molecule has 1 saturated heterocycles. The van der Waals surface area contributed by atoms with Crippen molar-refractivity contribution in [3.8, 4) is 0 Å². The van der Waals surface area contributed by atoms with Gasteiger partial charge in [-0.25, -0.2) is 4.79 Å². The molecule has 0 spiro atoms. The van der Waals surface area contributed by atoms with Crippen LogP contribution in [0.1, 0.15) is 38.7 Å². The quantitative estimate of drug-likeness (QED) is 0.833. The van der Waals surface area contributed by atoms with E-state index < -0.39 is 0 Å². The lowest BCUT2D eigenvalue weighted by Gasteiger charge is -2.39. The molecule has 5 heteroatoms. The summed E-state index contributed by atoms with van der Waals surface area (Å²) in [4.78, 5) is 16.6. The van der Waals surface area contributed by atoms with Crippen LogP contribution in [0, 0.1) is 0 Å². The minimum absolute atomic E-state index is 0.142. The van der Waals surface area contributed by atoms with Crippen LogP contribution >= 0.6 is 0 Å². The average Bonchev–Trinajstić information content (AvgIpc) is 2.60. The fourth-order valence-electron chi connectivity index (χ4n) is 3.19. The molecule has 0 bridgehead atoms. The van der Waals surface area contributed by atoms with Gasteiger partial charge in [-0.2, -0.15) is 0 Å². The van der Waals surface area contributed by atoms with Crippen molar-refractivity contribution in [2.75, 3.05) is 26.2 Å². The van der Waals surface area contributed by atoms with Gasteiger partial charge in [0.15, 0.2) is 0 Å². The average molecular weight is 334 g/mol. The first kappa shape index (κ1) is 18.7. The molecular weight excluding hydrogens is 304 g/mol. The number of carbonyl (C=O) groups excluding carboxylic acids is 1. The van der Waals surface area contributed by atoms with E-state index in [0.29, 0.717) is 19.2 Å². The Labute approximate surface area is 145 Å². The number of piperidine rings is 1. The predicted octanol–water partition coefficient (Wildman–Crippen LogP) is 2.88. The van der Waals surface area contributed by atoms with Gasteiger partial charge in [-0.1, -0.05) is 30.3 Å². The Bertz CT molecular complexity index is 493. The highest BCUT2D eigenvalue weighted by molar-refractivity contribution is 5.68. The van der Waals surface area contributed by atoms with Gasteiger partial charge in [-0.05, 0) is 38.7 Å². The van der Waals surface area contributed by atoms with Gasteiger partial charge < -0.3 is 14.7 Å². The first-order valence-electron chi connectivity index (χ1n) is 8.94. The molecule has 1 aromatic rings. The lowest BCUT2D eigenvalue weighted by atomic mass is 10.0. The van der Waals surface area contributed by atoms with Gasteiger partial charge in [0.25, 0.3) is 0 Å². The van der Waals surface area contributed by atoms with E-state index in [1.807, 2.05) is 35.2 Å². The minimum Gasteiger partial charge on any atom is -0.445 e. The summed E-state index contributed by atoms with van der Waals surface area (Å²) in [7, 11) is 0. The van der Waals surface area contributed by atoms with E-state index >= 15 is 0 Å². The molecule has 5 nitrogen and oxygen atoms in total. The lowest BCUT2D eigenvalue weighted by molar-refractivity contribution is 0.0488. The first-order valence-corrected chi connectivity index (χ1v) is 8.94. The van der Waals surface area contributed by atoms with Crippen LogP contribution in [0.5, 0.6) is 0 Å². The fraction of sp³-hybridized carbons (Fsp3) is 0.632. The Kier molecular flexibility index (Phi) is 7.53. The number of aliphatic hydroxyl groups excluding tert-OH is 1. The molecule has 0 saturated carbocycles. The van der Waals surface area contributed by atoms with Crippen molar-refractivity contribution in [3.63, 3.8) is 0 Å². The second-order valence-corrected chi connectivity index (χ2v) is 6.70. The van der Waals surface area contributed by atoms with Crippen molar-refractivity contribution < 1.29 is 14.6 Å². The van der Waals surface area contributed by atoms with E-state index in [9.17, 15) is 9.90 Å². The molecule has 1 atom stereocenters. The third-order valence-corrected chi connectivity index (χ3v) is 4.63. The van der Waals surface area contributed by atoms with E-state index in [1.165, 1.54) is 0 Å². The summed E-state index contributed by atoms with van der Waals surface area (Å²) in [6.07, 6.45) is 2.93. The van der Waals surface area contributed by atoms with E-state index in [-0.39, 0.29) is 18.7 Å². The van der Waals surface area contributed by atoms with Gasteiger partial charge in [0.05, 0.1) is 6.61 Å². The molecule has 1 fully saturated rings. The highest BCUT2D eigenvalue weighted by Crippen LogP contribution is 2.20. The molecule has 1 N–H and O–H groups in total. The summed E-state index contributed by atoms with van der Waals surface area (Å²) in [6, 6.07) is 10.3. The lowest BCUT2D eigenvalue weighted by Crippen LogP contribution is -2.51. The van der Waals surface area contributed by atoms with Crippen molar-refractivity contribution in [3.05, 3.63) is 35.9 Å². The fourth-order valence-corrected chi connectivity index (χ4v) is 3.19. The van der Waals surface area contributed by atoms with Gasteiger partial charge in [0.1, 0.15) is 6.61 Å². The zero-order valence-corrected chi connectivity index (χ0v) is 14.9. The van der Waals surface area contributed by atoms with Crippen molar-refractivity contribution in [1.82, 2.24) is 9.80 Å². The predicted molar refractivity (Wildman–Crippen MR) is 94.8 cm³/mol. The van der Waals surface area contributed by atoms with Crippen molar-refractivity contribution in [2.24, 2.45) is 0 Å². The molecule has 1 amide bonds. The van der Waals surface area contributed by atoms with Crippen LogP contribution < -0.4 is 0 Å². The molecule has 134 valence electrons. The Balaban J connectivity index is 1.93. The molecule has 1 aliphatic heterocycles. The number of amides is 1. The van der Waals surface area contributed by atoms with Crippen LogP contribution in [0.3, 0.4) is 0 Å². The molecule has 1 aromatic carbocycles. The zero-order chi connectivity index (χ0) is 17.4. The van der Waals surface area contributed by atoms with Gasteiger partial charge >= 0.3 is 6.09 Å². The number of nitrogens with zero attached hydrogens (tertiary/aromatic N) is 2. The maximum Gasteiger partial charge on any atom is 0.410 e. The summed E-state index contributed by atoms with van der Waals surface area (Å²) in [5, 5.41) is 9.25. The summed E-state index contributed by atoms with van der Waals surface area (Å²) in [6.45, 7) is 6.88. The number of hydrogen-bond donors (Lipinski definition) is 1. The van der Waals surface area contributed by atoms with Crippen molar-refractivity contribution in [2.45, 2.75) is 51.8 Å². The Morgan fingerprint density at radius 3 is 2.75 bits per heavy atom. The molecule has 0 aromatic heterocycles. The Hall–Kier alpha value is -1.59. The second kappa shape index (κ2) is 9.64. The number of aliphatic hydroxyl groups is 1. The largest absolute Gasteiger partial charge is 0.445 e. The second-order valence-electron chi connectivity index (χ2n) is 6.70. The van der Waals surface area contributed by atoms with Crippen molar-refractivity contribution >= 4 is 6.09 Å². The molecule has 2 rings (SSSR count). The minimum atomic E-state index is -0.226. The Morgan fingerprint density at radius 2 is 2.08 bits per heavy atom. The Morgan fingerprint density at radius 1 is 1.33 bits per heavy atom. The maximum atomic E-state index is 12.5. The van der Waals surface area contributed by atoms with Gasteiger partial charge in [0.2, 0.25) is 0 Å². The number of rotatable bonds is 7. The van der Waals surface area contributed by atoms with Crippen LogP contribution in [-0.4, -0.2) is 59.3 Å². The van der Waals surface area contributed by atoms with Crippen LogP contribution in [0.2, 0.25) is 0 Å². The third-order valence-electron chi connectivity index (χ3n) is 4.63. The first-order chi connectivity index (χ1) is 11.6. The van der Waals surface area contributed by atoms with Crippen LogP contribution in [-0.2, 0) is 11.3 Å². The number of ether oxygens (including phenoxy) is 1. The van der Waals surface area contributed by atoms with Crippen LogP contribution in [0.15, 0.2) is 30.3 Å². The summed E-state index contributed by atoms with van der Waals surface area (Å²) < 4.78 is 5.52. The molecular formula is C19H30N2O3. The van der Waals surface area contributed by atoms with E-state index in [4.69, 9.17) is 4.74 Å². The molecule has 0 unspecified atom stereocenters. The number of carbonyl (C=O) groups is 1. The summed E-state index contributed by atoms with van der Waals surface area (Å²) in [5.74, 6) is 0. The van der Waals surface area contributed by atoms with Gasteiger partial charge in [-0.3, -0.25) is 4.90 Å². The number of likely N-dealkylation sites (tertiary alicyclic amines) is 1. The molecule has 24 heavy (non-hydrogen) atoms. The molecule has 1 aliphatic rings. The molecule has 0 radical (unpaired) electrons. The smallest absolute Gasteiger partial charge is 0.410 e. The maximum absolute atomic E-state index is 12.5. The molecule has 1 heterocycles. The highest BCUT2D eigenvalue weighted by Gasteiger charge is 2.29. The zero-order valence-electron chi connectivity index (χ0n) is 14.9. The van der Waals surface area contributed by atoms with Gasteiger partial charge in [-0.15, -0.1) is 0 Å². The third kappa shape index (κ3) is 5.49.